The molecule has 0 unspecified atom stereocenters. The summed E-state index contributed by atoms with van der Waals surface area (Å²) in [4.78, 5) is 0. The molecule has 47 heavy (non-hydrogen) atoms. The second-order valence-electron chi connectivity index (χ2n) is 12.4. The first-order chi connectivity index (χ1) is 23.3. The molecule has 10 aromatic rings. The Morgan fingerprint density at radius 1 is 0.298 bits per heavy atom. The van der Waals surface area contributed by atoms with E-state index in [1.165, 1.54) is 96.6 Å². The maximum atomic E-state index is 2.42. The van der Waals surface area contributed by atoms with Gasteiger partial charge in [-0.25, -0.2) is 0 Å². The smallest absolute Gasteiger partial charge is 0.0434 e. The fourth-order valence-electron chi connectivity index (χ4n) is 7.71. The maximum Gasteiger partial charge on any atom is 0.0434 e. The third-order valence-electron chi connectivity index (χ3n) is 9.82. The van der Waals surface area contributed by atoms with E-state index in [2.05, 4.69) is 170 Å². The van der Waals surface area contributed by atoms with Gasteiger partial charge >= 0.3 is 0 Å². The molecule has 0 aliphatic heterocycles. The van der Waals surface area contributed by atoms with Crippen LogP contribution in [0.15, 0.2) is 170 Å². The molecule has 0 aliphatic rings. The van der Waals surface area contributed by atoms with E-state index in [0.717, 1.165) is 0 Å². The summed E-state index contributed by atoms with van der Waals surface area (Å²) in [5, 5.41) is 12.9. The van der Waals surface area contributed by atoms with E-state index < -0.39 is 0 Å². The molecule has 0 nitrogen and oxygen atoms in total. The summed E-state index contributed by atoms with van der Waals surface area (Å²) in [5.74, 6) is 0. The zero-order valence-corrected chi connectivity index (χ0v) is 26.4. The lowest BCUT2D eigenvalue weighted by Crippen LogP contribution is -1.91. The monoisotopic (exact) mass is 612 g/mol. The third kappa shape index (κ3) is 4.07. The number of hydrogen-bond donors (Lipinski definition) is 0. The van der Waals surface area contributed by atoms with E-state index in [1.54, 1.807) is 0 Å². The number of benzene rings is 9. The van der Waals surface area contributed by atoms with Crippen molar-refractivity contribution in [2.24, 2.45) is 0 Å². The van der Waals surface area contributed by atoms with Crippen LogP contribution in [0.3, 0.4) is 0 Å². The fraction of sp³-hybridized carbons (Fsp3) is 0. The van der Waals surface area contributed by atoms with Gasteiger partial charge in [-0.15, -0.1) is 11.3 Å². The van der Waals surface area contributed by atoms with E-state index in [-0.39, 0.29) is 0 Å². The van der Waals surface area contributed by atoms with Crippen molar-refractivity contribution in [2.75, 3.05) is 0 Å². The topological polar surface area (TPSA) is 0 Å². The van der Waals surface area contributed by atoms with Crippen molar-refractivity contribution in [3.63, 3.8) is 0 Å². The van der Waals surface area contributed by atoms with Gasteiger partial charge in [0.15, 0.2) is 0 Å². The summed E-state index contributed by atoms with van der Waals surface area (Å²) >= 11 is 1.90. The van der Waals surface area contributed by atoms with Gasteiger partial charge in [-0.05, 0) is 95.3 Å². The highest BCUT2D eigenvalue weighted by molar-refractivity contribution is 7.26. The first-order valence-electron chi connectivity index (χ1n) is 16.2. The Morgan fingerprint density at radius 2 is 0.787 bits per heavy atom. The molecule has 9 aromatic carbocycles. The Bertz CT molecular complexity index is 2780. The van der Waals surface area contributed by atoms with Gasteiger partial charge in [0, 0.05) is 25.6 Å². The number of fused-ring (bicyclic) bond motifs is 8. The van der Waals surface area contributed by atoms with Gasteiger partial charge in [0.1, 0.15) is 0 Å². The van der Waals surface area contributed by atoms with E-state index in [0.29, 0.717) is 0 Å². The Labute approximate surface area is 276 Å². The van der Waals surface area contributed by atoms with Gasteiger partial charge < -0.3 is 0 Å². The predicted molar refractivity (Wildman–Crippen MR) is 206 cm³/mol. The molecule has 0 amide bonds. The fourth-order valence-corrected chi connectivity index (χ4v) is 8.93. The molecule has 0 N–H and O–H groups in total. The van der Waals surface area contributed by atoms with Crippen LogP contribution in [-0.2, 0) is 0 Å². The molecular weight excluding hydrogens is 585 g/mol. The Morgan fingerprint density at radius 3 is 1.45 bits per heavy atom. The van der Waals surface area contributed by atoms with Crippen LogP contribution in [-0.4, -0.2) is 0 Å². The second-order valence-corrected chi connectivity index (χ2v) is 13.5. The molecule has 1 aromatic heterocycles. The molecule has 0 bridgehead atoms. The Kier molecular flexibility index (Phi) is 5.85. The van der Waals surface area contributed by atoms with Crippen molar-refractivity contribution in [3.8, 4) is 33.4 Å². The van der Waals surface area contributed by atoms with Gasteiger partial charge in [0.05, 0.1) is 0 Å². The van der Waals surface area contributed by atoms with Crippen LogP contribution >= 0.6 is 11.3 Å². The Hall–Kier alpha value is -5.76. The molecule has 218 valence electrons. The molecular formula is C46H28S. The largest absolute Gasteiger partial charge is 0.135 e. The SMILES string of the molecule is c1ccc(-c2c3ccccc3c(-c3ccc4cc(-c5cc6c7ccccc7sc6c6ccccc56)ccc4c3)c3ccccc23)cc1. The van der Waals surface area contributed by atoms with Gasteiger partial charge in [-0.1, -0.05) is 146 Å². The van der Waals surface area contributed by atoms with Crippen LogP contribution in [0.4, 0.5) is 0 Å². The van der Waals surface area contributed by atoms with Gasteiger partial charge in [0.25, 0.3) is 0 Å². The molecule has 1 heterocycles. The van der Waals surface area contributed by atoms with Crippen molar-refractivity contribution in [1.82, 2.24) is 0 Å². The summed E-state index contributed by atoms with van der Waals surface area (Å²) < 4.78 is 2.71. The number of hydrogen-bond acceptors (Lipinski definition) is 1. The number of rotatable bonds is 3. The minimum atomic E-state index is 1.24. The lowest BCUT2D eigenvalue weighted by atomic mass is 9.85. The van der Waals surface area contributed by atoms with E-state index in [9.17, 15) is 0 Å². The summed E-state index contributed by atoms with van der Waals surface area (Å²) in [6.45, 7) is 0. The number of thiophene rings is 1. The first kappa shape index (κ1) is 26.5. The maximum absolute atomic E-state index is 2.42. The summed E-state index contributed by atoms with van der Waals surface area (Å²) in [6.07, 6.45) is 0. The summed E-state index contributed by atoms with van der Waals surface area (Å²) in [6, 6.07) is 62.7. The third-order valence-corrected chi connectivity index (χ3v) is 11.0. The second kappa shape index (κ2) is 10.4. The highest BCUT2D eigenvalue weighted by Gasteiger charge is 2.17. The van der Waals surface area contributed by atoms with Crippen LogP contribution < -0.4 is 0 Å². The molecule has 0 saturated heterocycles. The molecule has 0 radical (unpaired) electrons. The lowest BCUT2D eigenvalue weighted by molar-refractivity contribution is 1.66. The summed E-state index contributed by atoms with van der Waals surface area (Å²) in [5.41, 5.74) is 7.63. The van der Waals surface area contributed by atoms with Crippen LogP contribution in [0, 0.1) is 0 Å². The van der Waals surface area contributed by atoms with Crippen molar-refractivity contribution in [3.05, 3.63) is 170 Å². The summed E-state index contributed by atoms with van der Waals surface area (Å²) in [7, 11) is 0. The minimum absolute atomic E-state index is 1.24. The lowest BCUT2D eigenvalue weighted by Gasteiger charge is -2.18. The van der Waals surface area contributed by atoms with Gasteiger partial charge in [-0.2, -0.15) is 0 Å². The normalized spacial score (nSPS) is 11.8. The molecule has 0 fully saturated rings. The average Bonchev–Trinajstić information content (AvgIpc) is 3.52. The molecule has 10 rings (SSSR count). The molecule has 0 aliphatic carbocycles. The van der Waals surface area contributed by atoms with E-state index >= 15 is 0 Å². The average molecular weight is 613 g/mol. The van der Waals surface area contributed by atoms with Crippen LogP contribution in [0.1, 0.15) is 0 Å². The molecule has 0 atom stereocenters. The molecule has 0 saturated carbocycles. The van der Waals surface area contributed by atoms with E-state index in [4.69, 9.17) is 0 Å². The van der Waals surface area contributed by atoms with Gasteiger partial charge in [0.2, 0.25) is 0 Å². The highest BCUT2D eigenvalue weighted by Crippen LogP contribution is 2.45. The Balaban J connectivity index is 1.18. The van der Waals surface area contributed by atoms with Crippen LogP contribution in [0.2, 0.25) is 0 Å². The molecule has 1 heteroatoms. The molecule has 0 spiro atoms. The van der Waals surface area contributed by atoms with Gasteiger partial charge in [-0.3, -0.25) is 0 Å². The minimum Gasteiger partial charge on any atom is -0.135 e. The van der Waals surface area contributed by atoms with Crippen molar-refractivity contribution in [2.45, 2.75) is 0 Å². The zero-order valence-electron chi connectivity index (χ0n) is 25.6. The quantitative estimate of drug-likeness (QED) is 0.174. The van der Waals surface area contributed by atoms with E-state index in [1.807, 2.05) is 11.3 Å². The van der Waals surface area contributed by atoms with Crippen molar-refractivity contribution < 1.29 is 0 Å². The standard InChI is InChI=1S/C46H28S/c1-2-12-29(13-3-1)44-36-16-5-7-18-38(36)45(39-19-8-6-17-37(39)44)33-25-23-30-26-32(24-22-31(30)27-33)41-28-42-35-15-10-11-21-43(35)47-46(42)40-20-9-4-14-34(40)41/h1-28H. The van der Waals surface area contributed by atoms with Crippen LogP contribution in [0.5, 0.6) is 0 Å². The predicted octanol–water partition coefficient (Wildman–Crippen LogP) is 13.7. The zero-order chi connectivity index (χ0) is 30.9. The van der Waals surface area contributed by atoms with Crippen molar-refractivity contribution in [1.29, 1.82) is 0 Å². The van der Waals surface area contributed by atoms with Crippen molar-refractivity contribution >= 4 is 74.6 Å². The van der Waals surface area contributed by atoms with Crippen LogP contribution in [0.25, 0.3) is 96.6 Å². The highest BCUT2D eigenvalue weighted by atomic mass is 32.1. The first-order valence-corrected chi connectivity index (χ1v) is 17.0.